The molecular weight excluding hydrogens is 267 g/mol. The number of aryl methyl sites for hydroxylation is 2. The molecule has 0 fully saturated rings. The fraction of sp³-hybridized carbons (Fsp3) is 0.278. The van der Waals surface area contributed by atoms with Gasteiger partial charge in [-0.05, 0) is 61.1 Å². The summed E-state index contributed by atoms with van der Waals surface area (Å²) in [5.41, 5.74) is 4.22. The highest BCUT2D eigenvalue weighted by atomic mass is 19.1. The Morgan fingerprint density at radius 3 is 2.14 bits per heavy atom. The number of benzene rings is 2. The minimum Gasteiger partial charge on any atom is -0.481 e. The van der Waals surface area contributed by atoms with E-state index in [-0.39, 0.29) is 5.82 Å². The number of carboxylic acids is 1. The number of halogens is 1. The molecule has 2 rings (SSSR count). The maximum absolute atomic E-state index is 12.9. The van der Waals surface area contributed by atoms with Gasteiger partial charge in [0.15, 0.2) is 0 Å². The maximum atomic E-state index is 12.9. The third kappa shape index (κ3) is 4.15. The standard InChI is InChI=1S/C18H19FO2/c1-12-3-4-15(9-13(12)2)11-16(18(20)21)10-14-5-7-17(19)8-6-14/h3-9,16H,10-11H2,1-2H3,(H,20,21). The lowest BCUT2D eigenvalue weighted by atomic mass is 9.91. The Bertz CT molecular complexity index is 632. The van der Waals surface area contributed by atoms with Crippen molar-refractivity contribution in [2.45, 2.75) is 26.7 Å². The van der Waals surface area contributed by atoms with Crippen molar-refractivity contribution in [2.24, 2.45) is 5.92 Å². The summed E-state index contributed by atoms with van der Waals surface area (Å²) < 4.78 is 12.9. The third-order valence-electron chi connectivity index (χ3n) is 3.80. The highest BCUT2D eigenvalue weighted by Gasteiger charge is 2.19. The monoisotopic (exact) mass is 286 g/mol. The Morgan fingerprint density at radius 2 is 1.57 bits per heavy atom. The molecule has 3 heteroatoms. The van der Waals surface area contributed by atoms with Crippen LogP contribution in [0.2, 0.25) is 0 Å². The van der Waals surface area contributed by atoms with Gasteiger partial charge in [0, 0.05) is 0 Å². The SMILES string of the molecule is Cc1ccc(CC(Cc2ccc(F)cc2)C(=O)O)cc1C. The number of hydrogen-bond acceptors (Lipinski definition) is 1. The second-order valence-corrected chi connectivity index (χ2v) is 5.49. The van der Waals surface area contributed by atoms with E-state index >= 15 is 0 Å². The average Bonchev–Trinajstić information content (AvgIpc) is 2.44. The first-order valence-electron chi connectivity index (χ1n) is 6.99. The zero-order valence-electron chi connectivity index (χ0n) is 12.3. The van der Waals surface area contributed by atoms with Gasteiger partial charge in [-0.3, -0.25) is 4.79 Å². The number of aliphatic carboxylic acids is 1. The van der Waals surface area contributed by atoms with E-state index in [4.69, 9.17) is 0 Å². The van der Waals surface area contributed by atoms with Crippen molar-refractivity contribution >= 4 is 5.97 Å². The molecular formula is C18H19FO2. The van der Waals surface area contributed by atoms with Crippen molar-refractivity contribution in [1.29, 1.82) is 0 Å². The summed E-state index contributed by atoms with van der Waals surface area (Å²) in [4.78, 5) is 11.5. The first-order chi connectivity index (χ1) is 9.95. The predicted molar refractivity (Wildman–Crippen MR) is 80.8 cm³/mol. The average molecular weight is 286 g/mol. The van der Waals surface area contributed by atoms with Gasteiger partial charge in [-0.2, -0.15) is 0 Å². The molecule has 0 saturated heterocycles. The smallest absolute Gasteiger partial charge is 0.307 e. The van der Waals surface area contributed by atoms with Crippen LogP contribution in [-0.2, 0) is 17.6 Å². The number of carboxylic acid groups (broad SMARTS) is 1. The molecule has 0 aromatic heterocycles. The fourth-order valence-electron chi connectivity index (χ4n) is 2.37. The van der Waals surface area contributed by atoms with Crippen molar-refractivity contribution in [2.75, 3.05) is 0 Å². The largest absolute Gasteiger partial charge is 0.481 e. The summed E-state index contributed by atoms with van der Waals surface area (Å²) in [5, 5.41) is 9.40. The summed E-state index contributed by atoms with van der Waals surface area (Å²) in [7, 11) is 0. The van der Waals surface area contributed by atoms with Gasteiger partial charge in [0.25, 0.3) is 0 Å². The molecule has 0 saturated carbocycles. The molecule has 2 aromatic carbocycles. The van der Waals surface area contributed by atoms with Crippen molar-refractivity contribution in [1.82, 2.24) is 0 Å². The van der Waals surface area contributed by atoms with Crippen LogP contribution >= 0.6 is 0 Å². The van der Waals surface area contributed by atoms with Crippen molar-refractivity contribution in [3.05, 3.63) is 70.5 Å². The van der Waals surface area contributed by atoms with Crippen molar-refractivity contribution in [3.63, 3.8) is 0 Å². The Hall–Kier alpha value is -2.16. The molecule has 2 aromatic rings. The van der Waals surface area contributed by atoms with E-state index in [9.17, 15) is 14.3 Å². The highest BCUT2D eigenvalue weighted by molar-refractivity contribution is 5.71. The van der Waals surface area contributed by atoms with Crippen LogP contribution < -0.4 is 0 Å². The van der Waals surface area contributed by atoms with Crippen LogP contribution in [0.15, 0.2) is 42.5 Å². The molecule has 0 bridgehead atoms. The third-order valence-corrected chi connectivity index (χ3v) is 3.80. The van der Waals surface area contributed by atoms with Crippen LogP contribution in [0.1, 0.15) is 22.3 Å². The zero-order chi connectivity index (χ0) is 15.4. The Morgan fingerprint density at radius 1 is 1.00 bits per heavy atom. The molecule has 21 heavy (non-hydrogen) atoms. The Balaban J connectivity index is 2.13. The van der Waals surface area contributed by atoms with Gasteiger partial charge in [0.1, 0.15) is 5.82 Å². The first-order valence-corrected chi connectivity index (χ1v) is 6.99. The minimum atomic E-state index is -0.822. The Labute approximate surface area is 124 Å². The van der Waals surface area contributed by atoms with E-state index in [1.807, 2.05) is 32.0 Å². The van der Waals surface area contributed by atoms with Gasteiger partial charge in [0.05, 0.1) is 5.92 Å². The quantitative estimate of drug-likeness (QED) is 0.904. The number of hydrogen-bond donors (Lipinski definition) is 1. The van der Waals surface area contributed by atoms with Crippen LogP contribution in [-0.4, -0.2) is 11.1 Å². The van der Waals surface area contributed by atoms with Crippen LogP contribution in [0.3, 0.4) is 0 Å². The molecule has 0 heterocycles. The van der Waals surface area contributed by atoms with E-state index in [0.717, 1.165) is 11.1 Å². The summed E-state index contributed by atoms with van der Waals surface area (Å²) in [6.07, 6.45) is 0.885. The van der Waals surface area contributed by atoms with E-state index in [1.165, 1.54) is 23.3 Å². The van der Waals surface area contributed by atoms with Gasteiger partial charge >= 0.3 is 5.97 Å². The predicted octanol–water partition coefficient (Wildman–Crippen LogP) is 3.93. The normalized spacial score (nSPS) is 12.1. The van der Waals surface area contributed by atoms with E-state index < -0.39 is 11.9 Å². The molecule has 0 radical (unpaired) electrons. The maximum Gasteiger partial charge on any atom is 0.307 e. The summed E-state index contributed by atoms with van der Waals surface area (Å²) in [5.74, 6) is -1.63. The minimum absolute atomic E-state index is 0.306. The van der Waals surface area contributed by atoms with Crippen LogP contribution in [0.25, 0.3) is 0 Å². The second-order valence-electron chi connectivity index (χ2n) is 5.49. The van der Waals surface area contributed by atoms with E-state index in [0.29, 0.717) is 12.8 Å². The topological polar surface area (TPSA) is 37.3 Å². The van der Waals surface area contributed by atoms with Gasteiger partial charge in [-0.1, -0.05) is 30.3 Å². The second kappa shape index (κ2) is 6.53. The van der Waals surface area contributed by atoms with Gasteiger partial charge in [-0.15, -0.1) is 0 Å². The molecule has 110 valence electrons. The molecule has 0 amide bonds. The lowest BCUT2D eigenvalue weighted by Gasteiger charge is -2.13. The van der Waals surface area contributed by atoms with E-state index in [2.05, 4.69) is 0 Å². The summed E-state index contributed by atoms with van der Waals surface area (Å²) in [6, 6.07) is 12.0. The molecule has 1 N–H and O–H groups in total. The van der Waals surface area contributed by atoms with Crippen LogP contribution in [0, 0.1) is 25.6 Å². The molecule has 1 unspecified atom stereocenters. The number of carbonyl (C=O) groups is 1. The molecule has 0 spiro atoms. The molecule has 2 nitrogen and oxygen atoms in total. The fourth-order valence-corrected chi connectivity index (χ4v) is 2.37. The first kappa shape index (κ1) is 15.2. The van der Waals surface area contributed by atoms with E-state index in [1.54, 1.807) is 12.1 Å². The number of rotatable bonds is 5. The van der Waals surface area contributed by atoms with Crippen molar-refractivity contribution in [3.8, 4) is 0 Å². The summed E-state index contributed by atoms with van der Waals surface area (Å²) in [6.45, 7) is 4.06. The summed E-state index contributed by atoms with van der Waals surface area (Å²) >= 11 is 0. The molecule has 0 aliphatic carbocycles. The van der Waals surface area contributed by atoms with Gasteiger partial charge < -0.3 is 5.11 Å². The highest BCUT2D eigenvalue weighted by Crippen LogP contribution is 2.18. The Kier molecular flexibility index (Phi) is 4.73. The van der Waals surface area contributed by atoms with Gasteiger partial charge in [-0.25, -0.2) is 4.39 Å². The lowest BCUT2D eigenvalue weighted by Crippen LogP contribution is -2.19. The molecule has 0 aliphatic rings. The van der Waals surface area contributed by atoms with Gasteiger partial charge in [0.2, 0.25) is 0 Å². The molecule has 1 atom stereocenters. The lowest BCUT2D eigenvalue weighted by molar-refractivity contribution is -0.141. The van der Waals surface area contributed by atoms with Crippen LogP contribution in [0.5, 0.6) is 0 Å². The molecule has 0 aliphatic heterocycles. The van der Waals surface area contributed by atoms with Crippen LogP contribution in [0.4, 0.5) is 4.39 Å². The zero-order valence-corrected chi connectivity index (χ0v) is 12.3. The van der Waals surface area contributed by atoms with Crippen molar-refractivity contribution < 1.29 is 14.3 Å².